The Bertz CT molecular complexity index is 708. The highest BCUT2D eigenvalue weighted by atomic mass is 19.4. The second kappa shape index (κ2) is 4.65. The Kier molecular flexibility index (Phi) is 3.04. The largest absolute Gasteiger partial charge is 0.433 e. The maximum atomic E-state index is 12.8. The Hall–Kier alpha value is -2.24. The van der Waals surface area contributed by atoms with E-state index in [2.05, 4.69) is 15.6 Å². The van der Waals surface area contributed by atoms with Gasteiger partial charge in [-0.25, -0.2) is 4.98 Å². The molecule has 2 aromatic rings. The Balaban J connectivity index is 2.08. The van der Waals surface area contributed by atoms with E-state index in [4.69, 9.17) is 0 Å². The van der Waals surface area contributed by atoms with Crippen molar-refractivity contribution in [1.82, 2.24) is 4.98 Å². The average molecular weight is 293 g/mol. The summed E-state index contributed by atoms with van der Waals surface area (Å²) in [6.45, 7) is 4.41. The van der Waals surface area contributed by atoms with Crippen molar-refractivity contribution in [2.45, 2.75) is 26.6 Å². The molecule has 110 valence electrons. The minimum absolute atomic E-state index is 0.249. The maximum Gasteiger partial charge on any atom is 0.433 e. The van der Waals surface area contributed by atoms with Crippen LogP contribution in [0.3, 0.4) is 0 Å². The van der Waals surface area contributed by atoms with Crippen LogP contribution in [0.25, 0.3) is 0 Å². The van der Waals surface area contributed by atoms with Gasteiger partial charge in [0.15, 0.2) is 0 Å². The molecule has 2 heterocycles. The van der Waals surface area contributed by atoms with Gasteiger partial charge in [0.25, 0.3) is 0 Å². The van der Waals surface area contributed by atoms with Crippen molar-refractivity contribution in [2.24, 2.45) is 0 Å². The van der Waals surface area contributed by atoms with E-state index in [1.807, 2.05) is 26.0 Å². The van der Waals surface area contributed by atoms with E-state index in [-0.39, 0.29) is 5.82 Å². The summed E-state index contributed by atoms with van der Waals surface area (Å²) < 4.78 is 38.3. The molecule has 3 nitrogen and oxygen atoms in total. The zero-order valence-electron chi connectivity index (χ0n) is 11.6. The van der Waals surface area contributed by atoms with Crippen LogP contribution >= 0.6 is 0 Å². The van der Waals surface area contributed by atoms with Crippen LogP contribution < -0.4 is 10.6 Å². The smallest absolute Gasteiger partial charge is 0.379 e. The van der Waals surface area contributed by atoms with Crippen molar-refractivity contribution in [3.8, 4) is 0 Å². The summed E-state index contributed by atoms with van der Waals surface area (Å²) in [6.07, 6.45) is -4.44. The number of nitrogens with zero attached hydrogens (tertiary/aromatic N) is 1. The summed E-state index contributed by atoms with van der Waals surface area (Å²) >= 11 is 0. The number of nitrogens with one attached hydrogen (secondary N) is 2. The van der Waals surface area contributed by atoms with E-state index in [1.54, 1.807) is 0 Å². The van der Waals surface area contributed by atoms with E-state index in [9.17, 15) is 13.2 Å². The quantitative estimate of drug-likeness (QED) is 0.756. The summed E-state index contributed by atoms with van der Waals surface area (Å²) in [5.74, 6) is 0.249. The molecule has 21 heavy (non-hydrogen) atoms. The van der Waals surface area contributed by atoms with Crippen molar-refractivity contribution in [3.63, 3.8) is 0 Å². The molecule has 0 fully saturated rings. The van der Waals surface area contributed by atoms with Gasteiger partial charge in [0, 0.05) is 12.1 Å². The summed E-state index contributed by atoms with van der Waals surface area (Å²) in [6, 6.07) is 6.25. The Morgan fingerprint density at radius 2 is 1.86 bits per heavy atom. The first-order valence-electron chi connectivity index (χ1n) is 6.54. The monoisotopic (exact) mass is 293 g/mol. The Morgan fingerprint density at radius 1 is 1.10 bits per heavy atom. The van der Waals surface area contributed by atoms with E-state index in [0.29, 0.717) is 12.1 Å². The van der Waals surface area contributed by atoms with Gasteiger partial charge in [-0.3, -0.25) is 0 Å². The first kappa shape index (κ1) is 13.7. The third-order valence-electron chi connectivity index (χ3n) is 3.71. The van der Waals surface area contributed by atoms with Crippen molar-refractivity contribution in [1.29, 1.82) is 0 Å². The number of fused-ring (bicyclic) bond motifs is 2. The zero-order chi connectivity index (χ0) is 15.2. The molecule has 0 radical (unpaired) electrons. The van der Waals surface area contributed by atoms with Crippen LogP contribution in [0.2, 0.25) is 0 Å². The average Bonchev–Trinajstić information content (AvgIpc) is 2.60. The van der Waals surface area contributed by atoms with Crippen LogP contribution in [-0.4, -0.2) is 4.98 Å². The Morgan fingerprint density at radius 3 is 2.57 bits per heavy atom. The highest BCUT2D eigenvalue weighted by molar-refractivity contribution is 5.80. The lowest BCUT2D eigenvalue weighted by atomic mass is 10.1. The fourth-order valence-electron chi connectivity index (χ4n) is 2.36. The van der Waals surface area contributed by atoms with Crippen LogP contribution in [0.4, 0.5) is 30.4 Å². The third-order valence-corrected chi connectivity index (χ3v) is 3.71. The normalized spacial score (nSPS) is 13.6. The second-order valence-electron chi connectivity index (χ2n) is 5.11. The summed E-state index contributed by atoms with van der Waals surface area (Å²) in [4.78, 5) is 3.72. The molecule has 1 aliphatic rings. The number of aromatic nitrogens is 1. The van der Waals surface area contributed by atoms with Crippen molar-refractivity contribution in [2.75, 3.05) is 10.6 Å². The van der Waals surface area contributed by atoms with Gasteiger partial charge >= 0.3 is 6.18 Å². The molecule has 1 aliphatic heterocycles. The molecule has 1 aromatic carbocycles. The molecule has 0 aliphatic carbocycles. The number of pyridine rings is 1. The number of alkyl halides is 3. The van der Waals surface area contributed by atoms with E-state index < -0.39 is 11.9 Å². The van der Waals surface area contributed by atoms with Crippen LogP contribution in [0.15, 0.2) is 24.3 Å². The Labute approximate surface area is 120 Å². The molecule has 0 saturated heterocycles. The molecule has 2 N–H and O–H groups in total. The van der Waals surface area contributed by atoms with Crippen molar-refractivity contribution in [3.05, 3.63) is 46.6 Å². The molecule has 6 heteroatoms. The molecule has 0 spiro atoms. The SMILES string of the molecule is Cc1ccc2c(c1C)NCc1ccc(C(F)(F)F)nc1N2. The number of aryl methyl sites for hydroxylation is 1. The highest BCUT2D eigenvalue weighted by Crippen LogP contribution is 2.36. The highest BCUT2D eigenvalue weighted by Gasteiger charge is 2.33. The molecular weight excluding hydrogens is 279 g/mol. The van der Waals surface area contributed by atoms with E-state index >= 15 is 0 Å². The van der Waals surface area contributed by atoms with Crippen molar-refractivity contribution < 1.29 is 13.2 Å². The van der Waals surface area contributed by atoms with E-state index in [0.717, 1.165) is 28.6 Å². The number of anilines is 3. The number of hydrogen-bond donors (Lipinski definition) is 2. The molecule has 0 saturated carbocycles. The minimum Gasteiger partial charge on any atom is -0.379 e. The second-order valence-corrected chi connectivity index (χ2v) is 5.11. The van der Waals surface area contributed by atoms with Crippen LogP contribution in [0.1, 0.15) is 22.4 Å². The van der Waals surface area contributed by atoms with Gasteiger partial charge in [-0.2, -0.15) is 13.2 Å². The third kappa shape index (κ3) is 2.41. The first-order valence-corrected chi connectivity index (χ1v) is 6.54. The molecule has 0 amide bonds. The summed E-state index contributed by atoms with van der Waals surface area (Å²) in [5, 5.41) is 6.27. The van der Waals surface area contributed by atoms with Gasteiger partial charge in [0.2, 0.25) is 0 Å². The molecule has 1 aromatic heterocycles. The van der Waals surface area contributed by atoms with Gasteiger partial charge in [-0.15, -0.1) is 0 Å². The fourth-order valence-corrected chi connectivity index (χ4v) is 2.36. The number of benzene rings is 1. The van der Waals surface area contributed by atoms with Crippen LogP contribution in [0.5, 0.6) is 0 Å². The predicted octanol–water partition coefficient (Wildman–Crippen LogP) is 4.39. The van der Waals surface area contributed by atoms with Crippen LogP contribution in [-0.2, 0) is 12.7 Å². The molecule has 0 unspecified atom stereocenters. The number of hydrogen-bond acceptors (Lipinski definition) is 3. The molecular formula is C15H14F3N3. The predicted molar refractivity (Wildman–Crippen MR) is 75.8 cm³/mol. The molecule has 3 rings (SSSR count). The summed E-state index contributed by atoms with van der Waals surface area (Å²) in [7, 11) is 0. The van der Waals surface area contributed by atoms with Crippen molar-refractivity contribution >= 4 is 17.2 Å². The topological polar surface area (TPSA) is 37.0 Å². The lowest BCUT2D eigenvalue weighted by molar-refractivity contribution is -0.141. The fraction of sp³-hybridized carbons (Fsp3) is 0.267. The van der Waals surface area contributed by atoms with E-state index in [1.165, 1.54) is 6.07 Å². The van der Waals surface area contributed by atoms with Gasteiger partial charge in [0.05, 0.1) is 11.4 Å². The number of rotatable bonds is 0. The van der Waals surface area contributed by atoms with Crippen LogP contribution in [0, 0.1) is 13.8 Å². The van der Waals surface area contributed by atoms with Gasteiger partial charge in [0.1, 0.15) is 11.5 Å². The lowest BCUT2D eigenvalue weighted by Gasteiger charge is -2.13. The number of halogens is 3. The van der Waals surface area contributed by atoms with Gasteiger partial charge in [-0.1, -0.05) is 12.1 Å². The minimum atomic E-state index is -4.44. The maximum absolute atomic E-state index is 12.8. The van der Waals surface area contributed by atoms with Gasteiger partial charge in [-0.05, 0) is 37.1 Å². The first-order chi connectivity index (χ1) is 9.86. The summed E-state index contributed by atoms with van der Waals surface area (Å²) in [5.41, 5.74) is 3.66. The zero-order valence-corrected chi connectivity index (χ0v) is 11.6. The lowest BCUT2D eigenvalue weighted by Crippen LogP contribution is -2.10. The van der Waals surface area contributed by atoms with Gasteiger partial charge < -0.3 is 10.6 Å². The standard InChI is InChI=1S/C15H14F3N3/c1-8-3-5-11-13(9(8)2)19-7-10-4-6-12(15(16,17)18)21-14(10)20-11/h3-6,19H,7H2,1-2H3,(H,20,21). The molecule has 0 bridgehead atoms. The molecule has 0 atom stereocenters.